The first-order chi connectivity index (χ1) is 17.7. The maximum absolute atomic E-state index is 13.8. The molecule has 4 N–H and O–H groups in total. The minimum Gasteiger partial charge on any atom is -0.494 e. The Hall–Kier alpha value is -4.93. The number of methoxy groups -OCH3 is 1. The minimum atomic E-state index is -0.673. The molecular weight excluding hydrogens is 479 g/mol. The number of amides is 3. The first-order valence-electron chi connectivity index (χ1n) is 11.3. The minimum absolute atomic E-state index is 0.0672. The zero-order chi connectivity index (χ0) is 26.5. The van der Waals surface area contributed by atoms with E-state index in [0.29, 0.717) is 34.4 Å². The van der Waals surface area contributed by atoms with Gasteiger partial charge < -0.3 is 20.5 Å². The Kier molecular flexibility index (Phi) is 7.33. The SMILES string of the molecule is COc1cc(Oc2ccnc(C(N)=O)c2)ccc1NC(=O)Nc1cc(C(C)C)nn1-c1cccc(F)c1. The molecule has 0 unspecified atom stereocenters. The first-order valence-corrected chi connectivity index (χ1v) is 11.3. The van der Waals surface area contributed by atoms with Gasteiger partial charge in [-0.1, -0.05) is 19.9 Å². The smallest absolute Gasteiger partial charge is 0.324 e. The van der Waals surface area contributed by atoms with Crippen molar-refractivity contribution in [1.29, 1.82) is 0 Å². The fourth-order valence-corrected chi connectivity index (χ4v) is 3.43. The molecule has 2 aromatic heterocycles. The monoisotopic (exact) mass is 504 g/mol. The summed E-state index contributed by atoms with van der Waals surface area (Å²) in [4.78, 5) is 28.1. The molecule has 0 aliphatic rings. The highest BCUT2D eigenvalue weighted by Gasteiger charge is 2.16. The average molecular weight is 505 g/mol. The Balaban J connectivity index is 1.52. The molecule has 2 heterocycles. The maximum atomic E-state index is 13.8. The number of carbonyl (C=O) groups excluding carboxylic acids is 2. The molecule has 37 heavy (non-hydrogen) atoms. The number of hydrogen-bond acceptors (Lipinski definition) is 6. The van der Waals surface area contributed by atoms with Gasteiger partial charge in [-0.05, 0) is 42.3 Å². The number of urea groups is 1. The van der Waals surface area contributed by atoms with Crippen molar-refractivity contribution >= 4 is 23.4 Å². The molecule has 4 aromatic rings. The number of nitrogens with zero attached hydrogens (tertiary/aromatic N) is 3. The first kappa shape index (κ1) is 25.2. The summed E-state index contributed by atoms with van der Waals surface area (Å²) in [5, 5.41) is 10.0. The van der Waals surface area contributed by atoms with E-state index in [0.717, 1.165) is 5.69 Å². The van der Waals surface area contributed by atoms with Crippen molar-refractivity contribution in [2.75, 3.05) is 17.7 Å². The molecule has 3 amide bonds. The predicted molar refractivity (Wildman–Crippen MR) is 136 cm³/mol. The van der Waals surface area contributed by atoms with Gasteiger partial charge in [0.2, 0.25) is 0 Å². The number of ether oxygens (including phenoxy) is 2. The second-order valence-electron chi connectivity index (χ2n) is 8.29. The molecule has 11 heteroatoms. The molecule has 0 saturated heterocycles. The third kappa shape index (κ3) is 6.01. The average Bonchev–Trinajstić information content (AvgIpc) is 3.29. The number of pyridine rings is 1. The van der Waals surface area contributed by atoms with E-state index in [9.17, 15) is 14.0 Å². The third-order valence-corrected chi connectivity index (χ3v) is 5.25. The summed E-state index contributed by atoms with van der Waals surface area (Å²) in [5.41, 5.74) is 6.91. The van der Waals surface area contributed by atoms with E-state index in [1.807, 2.05) is 13.8 Å². The van der Waals surface area contributed by atoms with Crippen LogP contribution in [-0.2, 0) is 0 Å². The van der Waals surface area contributed by atoms with Crippen molar-refractivity contribution in [2.24, 2.45) is 5.73 Å². The molecule has 0 spiro atoms. The molecule has 2 aromatic carbocycles. The lowest BCUT2D eigenvalue weighted by Gasteiger charge is -2.14. The molecule has 0 fully saturated rings. The summed E-state index contributed by atoms with van der Waals surface area (Å²) in [7, 11) is 1.45. The number of halogens is 1. The Morgan fingerprint density at radius 3 is 2.51 bits per heavy atom. The van der Waals surface area contributed by atoms with Gasteiger partial charge in [0.25, 0.3) is 5.91 Å². The lowest BCUT2D eigenvalue weighted by molar-refractivity contribution is 0.0995. The largest absolute Gasteiger partial charge is 0.494 e. The molecule has 0 aliphatic heterocycles. The number of nitrogens with two attached hydrogens (primary N) is 1. The number of primary amides is 1. The number of hydrogen-bond donors (Lipinski definition) is 3. The molecule has 0 aliphatic carbocycles. The van der Waals surface area contributed by atoms with Crippen LogP contribution in [0.15, 0.2) is 66.9 Å². The van der Waals surface area contributed by atoms with Gasteiger partial charge >= 0.3 is 6.03 Å². The molecule has 0 radical (unpaired) electrons. The summed E-state index contributed by atoms with van der Waals surface area (Å²) < 4.78 is 26.5. The van der Waals surface area contributed by atoms with Crippen LogP contribution < -0.4 is 25.8 Å². The van der Waals surface area contributed by atoms with Gasteiger partial charge in [0.05, 0.1) is 24.2 Å². The number of anilines is 2. The van der Waals surface area contributed by atoms with Crippen LogP contribution in [0.5, 0.6) is 17.2 Å². The van der Waals surface area contributed by atoms with Crippen LogP contribution in [0.25, 0.3) is 5.69 Å². The summed E-state index contributed by atoms with van der Waals surface area (Å²) in [6.07, 6.45) is 1.41. The second-order valence-corrected chi connectivity index (χ2v) is 8.29. The normalized spacial score (nSPS) is 10.7. The lowest BCUT2D eigenvalue weighted by atomic mass is 10.1. The van der Waals surface area contributed by atoms with E-state index in [4.69, 9.17) is 15.2 Å². The Morgan fingerprint density at radius 1 is 1.03 bits per heavy atom. The number of carbonyl (C=O) groups is 2. The number of benzene rings is 2. The molecule has 190 valence electrons. The van der Waals surface area contributed by atoms with Gasteiger partial charge in [0, 0.05) is 24.4 Å². The van der Waals surface area contributed by atoms with Gasteiger partial charge in [0.1, 0.15) is 34.6 Å². The van der Waals surface area contributed by atoms with E-state index >= 15 is 0 Å². The number of rotatable bonds is 8. The van der Waals surface area contributed by atoms with Gasteiger partial charge in [-0.15, -0.1) is 0 Å². The Labute approximate surface area is 212 Å². The van der Waals surface area contributed by atoms with E-state index in [1.165, 1.54) is 36.2 Å². The summed E-state index contributed by atoms with van der Waals surface area (Å²) in [6.45, 7) is 3.94. The zero-order valence-electron chi connectivity index (χ0n) is 20.4. The van der Waals surface area contributed by atoms with Crippen LogP contribution in [0.3, 0.4) is 0 Å². The van der Waals surface area contributed by atoms with Gasteiger partial charge in [-0.3, -0.25) is 15.1 Å². The second kappa shape index (κ2) is 10.8. The van der Waals surface area contributed by atoms with E-state index < -0.39 is 17.8 Å². The topological polar surface area (TPSA) is 133 Å². The van der Waals surface area contributed by atoms with Crippen molar-refractivity contribution in [3.8, 4) is 22.9 Å². The number of aromatic nitrogens is 3. The fourth-order valence-electron chi connectivity index (χ4n) is 3.43. The third-order valence-electron chi connectivity index (χ3n) is 5.25. The van der Waals surface area contributed by atoms with Crippen LogP contribution in [0.1, 0.15) is 35.9 Å². The van der Waals surface area contributed by atoms with E-state index in [-0.39, 0.29) is 11.6 Å². The molecular formula is C26H25FN6O4. The summed E-state index contributed by atoms with van der Waals surface area (Å²) in [5.74, 6) is 0.454. The quantitative estimate of drug-likeness (QED) is 0.307. The molecule has 10 nitrogen and oxygen atoms in total. The van der Waals surface area contributed by atoms with Crippen LogP contribution >= 0.6 is 0 Å². The van der Waals surface area contributed by atoms with Gasteiger partial charge in [-0.2, -0.15) is 5.10 Å². The van der Waals surface area contributed by atoms with Crippen molar-refractivity contribution in [3.63, 3.8) is 0 Å². The Morgan fingerprint density at radius 2 is 1.81 bits per heavy atom. The standard InChI is InChI=1S/C26H25FN6O4/c1-15(2)21-14-24(33(32-21)17-6-4-5-16(27)11-17)31-26(35)30-20-8-7-18(13-23(20)36-3)37-19-9-10-29-22(12-19)25(28)34/h4-15H,1-3H3,(H2,28,34)(H2,30,31,35). The highest BCUT2D eigenvalue weighted by Crippen LogP contribution is 2.32. The zero-order valence-corrected chi connectivity index (χ0v) is 20.4. The molecule has 0 saturated carbocycles. The highest BCUT2D eigenvalue weighted by molar-refractivity contribution is 6.00. The lowest BCUT2D eigenvalue weighted by Crippen LogP contribution is -2.21. The molecule has 0 bridgehead atoms. The summed E-state index contributed by atoms with van der Waals surface area (Å²) in [6, 6.07) is 14.9. The highest BCUT2D eigenvalue weighted by atomic mass is 19.1. The van der Waals surface area contributed by atoms with Crippen molar-refractivity contribution < 1.29 is 23.5 Å². The van der Waals surface area contributed by atoms with Crippen molar-refractivity contribution in [3.05, 3.63) is 84.1 Å². The van der Waals surface area contributed by atoms with Crippen LogP contribution in [0.4, 0.5) is 20.7 Å². The fraction of sp³-hybridized carbons (Fsp3) is 0.154. The van der Waals surface area contributed by atoms with Crippen LogP contribution in [0.2, 0.25) is 0 Å². The molecule has 0 atom stereocenters. The van der Waals surface area contributed by atoms with Crippen molar-refractivity contribution in [2.45, 2.75) is 19.8 Å². The van der Waals surface area contributed by atoms with Crippen LogP contribution in [0, 0.1) is 5.82 Å². The Bertz CT molecular complexity index is 1450. The van der Waals surface area contributed by atoms with E-state index in [2.05, 4.69) is 20.7 Å². The van der Waals surface area contributed by atoms with Gasteiger partial charge in [-0.25, -0.2) is 13.9 Å². The summed E-state index contributed by atoms with van der Waals surface area (Å²) >= 11 is 0. The van der Waals surface area contributed by atoms with Crippen molar-refractivity contribution in [1.82, 2.24) is 14.8 Å². The maximum Gasteiger partial charge on any atom is 0.324 e. The van der Waals surface area contributed by atoms with Gasteiger partial charge in [0.15, 0.2) is 0 Å². The van der Waals surface area contributed by atoms with Crippen LogP contribution in [-0.4, -0.2) is 33.8 Å². The number of nitrogens with one attached hydrogen (secondary N) is 2. The predicted octanol–water partition coefficient (Wildman–Crippen LogP) is 5.07. The molecule has 4 rings (SSSR count). The van der Waals surface area contributed by atoms with E-state index in [1.54, 1.807) is 42.5 Å².